The third-order valence-electron chi connectivity index (χ3n) is 2.44. The minimum atomic E-state index is 0.210. The molecule has 0 unspecified atom stereocenters. The molecule has 1 aliphatic rings. The maximum atomic E-state index is 5.68. The third-order valence-corrected chi connectivity index (χ3v) is 2.44. The Bertz CT molecular complexity index is 159. The Morgan fingerprint density at radius 2 is 2.36 bits per heavy atom. The van der Waals surface area contributed by atoms with Gasteiger partial charge in [0.1, 0.15) is 0 Å². The monoisotopic (exact) mass is 154 g/mol. The predicted octanol–water partition coefficient (Wildman–Crippen LogP) is 0.891. The van der Waals surface area contributed by atoms with Crippen LogP contribution in [0.25, 0.3) is 0 Å². The van der Waals surface area contributed by atoms with Crippen LogP contribution in [0.3, 0.4) is 0 Å². The summed E-state index contributed by atoms with van der Waals surface area (Å²) >= 11 is 0. The fourth-order valence-corrected chi connectivity index (χ4v) is 1.37. The van der Waals surface area contributed by atoms with Crippen LogP contribution in [-0.2, 0) is 0 Å². The van der Waals surface area contributed by atoms with E-state index in [9.17, 15) is 0 Å². The first-order valence-corrected chi connectivity index (χ1v) is 4.27. The quantitative estimate of drug-likeness (QED) is 0.580. The molecule has 3 N–H and O–H groups in total. The number of rotatable bonds is 2. The van der Waals surface area contributed by atoms with Crippen LogP contribution in [0, 0.1) is 5.41 Å². The fourth-order valence-electron chi connectivity index (χ4n) is 1.37. The Morgan fingerprint density at radius 1 is 1.64 bits per heavy atom. The van der Waals surface area contributed by atoms with E-state index in [4.69, 9.17) is 5.73 Å². The van der Waals surface area contributed by atoms with E-state index in [0.717, 1.165) is 26.1 Å². The molecule has 64 valence electrons. The van der Waals surface area contributed by atoms with Crippen molar-refractivity contribution in [2.45, 2.75) is 20.3 Å². The summed E-state index contributed by atoms with van der Waals surface area (Å²) in [5.74, 6) is 0. The lowest BCUT2D eigenvalue weighted by Gasteiger charge is -2.29. The second-order valence-electron chi connectivity index (χ2n) is 3.77. The van der Waals surface area contributed by atoms with E-state index < -0.39 is 0 Å². The molecule has 0 spiro atoms. The molecule has 0 radical (unpaired) electrons. The Morgan fingerprint density at radius 3 is 2.82 bits per heavy atom. The molecular formula is C9H18N2. The highest BCUT2D eigenvalue weighted by Crippen LogP contribution is 2.27. The highest BCUT2D eigenvalue weighted by molar-refractivity contribution is 5.15. The summed E-state index contributed by atoms with van der Waals surface area (Å²) in [4.78, 5) is 0. The molecule has 1 aliphatic heterocycles. The molecule has 0 aliphatic carbocycles. The van der Waals surface area contributed by atoms with Crippen molar-refractivity contribution in [3.63, 3.8) is 0 Å². The minimum absolute atomic E-state index is 0.210. The summed E-state index contributed by atoms with van der Waals surface area (Å²) < 4.78 is 0. The molecule has 0 fully saturated rings. The lowest BCUT2D eigenvalue weighted by molar-refractivity contribution is 0.429. The number of nitrogens with two attached hydrogens (primary N) is 1. The van der Waals surface area contributed by atoms with Gasteiger partial charge < -0.3 is 11.1 Å². The minimum Gasteiger partial charge on any atom is -0.330 e. The SMILES string of the molecule is CC(C)(CN)C1=CCNCC1. The van der Waals surface area contributed by atoms with Crippen molar-refractivity contribution in [2.75, 3.05) is 19.6 Å². The highest BCUT2D eigenvalue weighted by Gasteiger charge is 2.21. The van der Waals surface area contributed by atoms with Crippen LogP contribution in [0.5, 0.6) is 0 Å². The fraction of sp³-hybridized carbons (Fsp3) is 0.778. The molecule has 11 heavy (non-hydrogen) atoms. The van der Waals surface area contributed by atoms with Gasteiger partial charge in [0.2, 0.25) is 0 Å². The van der Waals surface area contributed by atoms with Crippen LogP contribution in [0.1, 0.15) is 20.3 Å². The van der Waals surface area contributed by atoms with Crippen molar-refractivity contribution in [3.8, 4) is 0 Å². The lowest BCUT2D eigenvalue weighted by Crippen LogP contribution is -2.31. The first-order valence-electron chi connectivity index (χ1n) is 4.27. The van der Waals surface area contributed by atoms with Crippen LogP contribution in [0.4, 0.5) is 0 Å². The topological polar surface area (TPSA) is 38.0 Å². The second-order valence-corrected chi connectivity index (χ2v) is 3.77. The normalized spacial score (nSPS) is 19.7. The molecule has 2 heteroatoms. The smallest absolute Gasteiger partial charge is 0.0137 e. The van der Waals surface area contributed by atoms with E-state index in [1.807, 2.05) is 0 Å². The zero-order valence-electron chi connectivity index (χ0n) is 7.48. The van der Waals surface area contributed by atoms with Gasteiger partial charge in [-0.05, 0) is 18.4 Å². The predicted molar refractivity (Wildman–Crippen MR) is 48.4 cm³/mol. The average molecular weight is 154 g/mol. The van der Waals surface area contributed by atoms with Crippen LogP contribution in [0.2, 0.25) is 0 Å². The first kappa shape index (κ1) is 8.75. The zero-order valence-corrected chi connectivity index (χ0v) is 7.48. The van der Waals surface area contributed by atoms with Crippen LogP contribution >= 0.6 is 0 Å². The van der Waals surface area contributed by atoms with Crippen LogP contribution in [0.15, 0.2) is 11.6 Å². The molecule has 0 bridgehead atoms. The van der Waals surface area contributed by atoms with E-state index in [1.54, 1.807) is 0 Å². The summed E-state index contributed by atoms with van der Waals surface area (Å²) in [6.45, 7) is 7.29. The van der Waals surface area contributed by atoms with Gasteiger partial charge in [0, 0.05) is 13.1 Å². The average Bonchev–Trinajstić information content (AvgIpc) is 2.06. The van der Waals surface area contributed by atoms with E-state index in [-0.39, 0.29) is 5.41 Å². The van der Waals surface area contributed by atoms with Gasteiger partial charge in [0.05, 0.1) is 0 Å². The standard InChI is InChI=1S/C9H18N2/c1-9(2,7-10)8-3-5-11-6-4-8/h3,11H,4-7,10H2,1-2H3. The Kier molecular flexibility index (Phi) is 2.68. The largest absolute Gasteiger partial charge is 0.330 e. The molecule has 0 aromatic heterocycles. The van der Waals surface area contributed by atoms with Gasteiger partial charge in [0.15, 0.2) is 0 Å². The maximum Gasteiger partial charge on any atom is 0.0137 e. The Balaban J connectivity index is 2.64. The lowest BCUT2D eigenvalue weighted by atomic mass is 9.81. The van der Waals surface area contributed by atoms with Crippen molar-refractivity contribution < 1.29 is 0 Å². The Hall–Kier alpha value is -0.340. The van der Waals surface area contributed by atoms with Gasteiger partial charge in [0.25, 0.3) is 0 Å². The van der Waals surface area contributed by atoms with E-state index in [0.29, 0.717) is 0 Å². The van der Waals surface area contributed by atoms with Crippen molar-refractivity contribution in [3.05, 3.63) is 11.6 Å². The van der Waals surface area contributed by atoms with E-state index >= 15 is 0 Å². The maximum absolute atomic E-state index is 5.68. The molecule has 0 saturated carbocycles. The number of nitrogens with one attached hydrogen (secondary N) is 1. The molecular weight excluding hydrogens is 136 g/mol. The van der Waals surface area contributed by atoms with Gasteiger partial charge in [-0.25, -0.2) is 0 Å². The Labute approximate surface area is 68.9 Å². The second kappa shape index (κ2) is 3.37. The van der Waals surface area contributed by atoms with Gasteiger partial charge in [-0.1, -0.05) is 25.5 Å². The zero-order chi connectivity index (χ0) is 8.32. The summed E-state index contributed by atoms with van der Waals surface area (Å²) in [7, 11) is 0. The summed E-state index contributed by atoms with van der Waals surface area (Å²) in [5.41, 5.74) is 7.40. The van der Waals surface area contributed by atoms with Crippen molar-refractivity contribution in [1.29, 1.82) is 0 Å². The summed E-state index contributed by atoms with van der Waals surface area (Å²) in [5, 5.41) is 3.29. The van der Waals surface area contributed by atoms with Crippen molar-refractivity contribution in [1.82, 2.24) is 5.32 Å². The first-order chi connectivity index (χ1) is 5.17. The molecule has 0 aromatic rings. The van der Waals surface area contributed by atoms with E-state index in [2.05, 4.69) is 25.2 Å². The van der Waals surface area contributed by atoms with Gasteiger partial charge in [-0.2, -0.15) is 0 Å². The van der Waals surface area contributed by atoms with Gasteiger partial charge >= 0.3 is 0 Å². The molecule has 0 amide bonds. The molecule has 2 nitrogen and oxygen atoms in total. The third kappa shape index (κ3) is 2.04. The highest BCUT2D eigenvalue weighted by atomic mass is 14.9. The molecule has 0 aromatic carbocycles. The summed E-state index contributed by atoms with van der Waals surface area (Å²) in [6, 6.07) is 0. The molecule has 1 heterocycles. The van der Waals surface area contributed by atoms with Crippen LogP contribution < -0.4 is 11.1 Å². The van der Waals surface area contributed by atoms with Crippen molar-refractivity contribution in [2.24, 2.45) is 11.1 Å². The number of hydrogen-bond donors (Lipinski definition) is 2. The molecule has 0 saturated heterocycles. The number of hydrogen-bond acceptors (Lipinski definition) is 2. The molecule has 0 atom stereocenters. The van der Waals surface area contributed by atoms with Gasteiger partial charge in [-0.15, -0.1) is 0 Å². The van der Waals surface area contributed by atoms with Gasteiger partial charge in [-0.3, -0.25) is 0 Å². The summed E-state index contributed by atoms with van der Waals surface area (Å²) in [6.07, 6.45) is 3.43. The van der Waals surface area contributed by atoms with Crippen molar-refractivity contribution >= 4 is 0 Å². The van der Waals surface area contributed by atoms with E-state index in [1.165, 1.54) is 5.57 Å². The van der Waals surface area contributed by atoms with Crippen LogP contribution in [-0.4, -0.2) is 19.6 Å². The molecule has 1 rings (SSSR count).